The van der Waals surface area contributed by atoms with Gasteiger partial charge in [-0.05, 0) is 65.8 Å². The van der Waals surface area contributed by atoms with Crippen molar-refractivity contribution in [1.29, 1.82) is 0 Å². The smallest absolute Gasteiger partial charge is 0.240 e. The molecule has 3 unspecified atom stereocenters. The summed E-state index contributed by atoms with van der Waals surface area (Å²) in [7, 11) is 0. The molecule has 3 nitrogen and oxygen atoms in total. The number of halogens is 2. The zero-order valence-corrected chi connectivity index (χ0v) is 17.4. The molecule has 0 aromatic heterocycles. The lowest BCUT2D eigenvalue weighted by Gasteiger charge is -2.32. The highest BCUT2D eigenvalue weighted by molar-refractivity contribution is 6.30. The Morgan fingerprint density at radius 1 is 1.07 bits per heavy atom. The van der Waals surface area contributed by atoms with E-state index in [1.807, 2.05) is 48.5 Å². The Hall–Kier alpha value is -2.10. The molecule has 0 saturated heterocycles. The van der Waals surface area contributed by atoms with E-state index in [0.29, 0.717) is 10.9 Å². The molecular weight excluding hydrogens is 391 g/mol. The second-order valence-corrected chi connectivity index (χ2v) is 8.59. The standard InChI is InChI=1S/C23H22Cl2N2O/c1-14-11-18(13-16-3-7-19(24)8-4-16)22-21(12-14)23(27(26-22)15(2)28)17-5-9-20(25)10-6-17/h3-10,13-14,21,23H,11-12H2,1-2H3/b18-13-. The Morgan fingerprint density at radius 3 is 2.29 bits per heavy atom. The van der Waals surface area contributed by atoms with Gasteiger partial charge >= 0.3 is 0 Å². The predicted octanol–water partition coefficient (Wildman–Crippen LogP) is 6.38. The van der Waals surface area contributed by atoms with E-state index in [1.54, 1.807) is 11.9 Å². The molecule has 1 aliphatic heterocycles. The molecule has 1 fully saturated rings. The lowest BCUT2D eigenvalue weighted by molar-refractivity contribution is -0.131. The average Bonchev–Trinajstić information content (AvgIpc) is 3.04. The first-order chi connectivity index (χ1) is 13.4. The van der Waals surface area contributed by atoms with Crippen LogP contribution in [-0.2, 0) is 4.79 Å². The molecule has 1 amide bonds. The monoisotopic (exact) mass is 412 g/mol. The number of hydrogen-bond acceptors (Lipinski definition) is 2. The molecule has 0 spiro atoms. The highest BCUT2D eigenvalue weighted by Crippen LogP contribution is 2.46. The highest BCUT2D eigenvalue weighted by atomic mass is 35.5. The van der Waals surface area contributed by atoms with E-state index in [1.165, 1.54) is 5.57 Å². The SMILES string of the molecule is CC(=O)N1N=C2/C(=C\c3ccc(Cl)cc3)CC(C)CC2C1c1ccc(Cl)cc1. The maximum Gasteiger partial charge on any atom is 0.240 e. The zero-order valence-electron chi connectivity index (χ0n) is 15.9. The van der Waals surface area contributed by atoms with E-state index in [9.17, 15) is 4.79 Å². The second-order valence-electron chi connectivity index (χ2n) is 7.72. The Morgan fingerprint density at radius 2 is 1.68 bits per heavy atom. The van der Waals surface area contributed by atoms with Crippen LogP contribution in [0.25, 0.3) is 6.08 Å². The van der Waals surface area contributed by atoms with Crippen LogP contribution in [0.15, 0.2) is 59.2 Å². The van der Waals surface area contributed by atoms with Gasteiger partial charge in [0.1, 0.15) is 0 Å². The van der Waals surface area contributed by atoms with Crippen molar-refractivity contribution >= 4 is 40.9 Å². The highest BCUT2D eigenvalue weighted by Gasteiger charge is 2.44. The van der Waals surface area contributed by atoms with Crippen molar-refractivity contribution in [3.63, 3.8) is 0 Å². The van der Waals surface area contributed by atoms with E-state index in [0.717, 1.165) is 34.7 Å². The van der Waals surface area contributed by atoms with Gasteiger partial charge in [0.25, 0.3) is 0 Å². The fourth-order valence-electron chi connectivity index (χ4n) is 4.30. The number of benzene rings is 2. The van der Waals surface area contributed by atoms with Crippen LogP contribution in [0, 0.1) is 11.8 Å². The van der Waals surface area contributed by atoms with E-state index in [2.05, 4.69) is 13.0 Å². The van der Waals surface area contributed by atoms with Crippen LogP contribution in [-0.4, -0.2) is 16.6 Å². The molecular formula is C23H22Cl2N2O. The first kappa shape index (κ1) is 19.2. The lowest BCUT2D eigenvalue weighted by Crippen LogP contribution is -2.32. The first-order valence-corrected chi connectivity index (χ1v) is 10.3. The van der Waals surface area contributed by atoms with Gasteiger partial charge in [-0.3, -0.25) is 4.79 Å². The number of carbonyl (C=O) groups is 1. The van der Waals surface area contributed by atoms with Gasteiger partial charge in [-0.25, -0.2) is 5.01 Å². The van der Waals surface area contributed by atoms with Crippen LogP contribution < -0.4 is 0 Å². The van der Waals surface area contributed by atoms with E-state index >= 15 is 0 Å². The number of rotatable bonds is 2. The van der Waals surface area contributed by atoms with Crippen LogP contribution >= 0.6 is 23.2 Å². The van der Waals surface area contributed by atoms with Crippen molar-refractivity contribution in [3.05, 3.63) is 75.3 Å². The summed E-state index contributed by atoms with van der Waals surface area (Å²) < 4.78 is 0. The van der Waals surface area contributed by atoms with Crippen molar-refractivity contribution in [2.24, 2.45) is 16.9 Å². The molecule has 3 atom stereocenters. The summed E-state index contributed by atoms with van der Waals surface area (Å²) in [4.78, 5) is 12.4. The fourth-order valence-corrected chi connectivity index (χ4v) is 4.56. The molecule has 1 heterocycles. The molecule has 2 aromatic carbocycles. The maximum absolute atomic E-state index is 12.4. The Bertz CT molecular complexity index is 948. The summed E-state index contributed by atoms with van der Waals surface area (Å²) in [6.07, 6.45) is 4.14. The van der Waals surface area contributed by atoms with Crippen molar-refractivity contribution in [1.82, 2.24) is 5.01 Å². The lowest BCUT2D eigenvalue weighted by atomic mass is 9.73. The van der Waals surface area contributed by atoms with Gasteiger partial charge in [0, 0.05) is 22.9 Å². The number of hydrogen-bond donors (Lipinski definition) is 0. The second kappa shape index (κ2) is 7.73. The largest absolute Gasteiger partial charge is 0.273 e. The van der Waals surface area contributed by atoms with Crippen LogP contribution in [0.1, 0.15) is 43.9 Å². The van der Waals surface area contributed by atoms with Gasteiger partial charge in [0.05, 0.1) is 11.8 Å². The topological polar surface area (TPSA) is 32.7 Å². The summed E-state index contributed by atoms with van der Waals surface area (Å²) >= 11 is 12.1. The quantitative estimate of drug-likeness (QED) is 0.562. The minimum atomic E-state index is -0.0823. The summed E-state index contributed by atoms with van der Waals surface area (Å²) in [5.41, 5.74) is 4.40. The zero-order chi connectivity index (χ0) is 19.8. The molecule has 2 aromatic rings. The molecule has 0 radical (unpaired) electrons. The molecule has 0 bridgehead atoms. The van der Waals surface area contributed by atoms with E-state index in [4.69, 9.17) is 28.3 Å². The van der Waals surface area contributed by atoms with Gasteiger partial charge < -0.3 is 0 Å². The molecule has 1 saturated carbocycles. The molecule has 4 rings (SSSR count). The van der Waals surface area contributed by atoms with Crippen LogP contribution in [0.3, 0.4) is 0 Å². The van der Waals surface area contributed by atoms with Gasteiger partial charge in [-0.15, -0.1) is 0 Å². The Labute approximate surface area is 175 Å². The van der Waals surface area contributed by atoms with Crippen molar-refractivity contribution in [2.45, 2.75) is 32.7 Å². The molecule has 5 heteroatoms. The van der Waals surface area contributed by atoms with Crippen molar-refractivity contribution in [3.8, 4) is 0 Å². The molecule has 28 heavy (non-hydrogen) atoms. The van der Waals surface area contributed by atoms with Gasteiger partial charge in [0.2, 0.25) is 5.91 Å². The van der Waals surface area contributed by atoms with E-state index < -0.39 is 0 Å². The summed E-state index contributed by atoms with van der Waals surface area (Å²) in [6.45, 7) is 3.85. The molecule has 2 aliphatic rings. The van der Waals surface area contributed by atoms with Gasteiger partial charge in [-0.1, -0.05) is 54.4 Å². The summed E-state index contributed by atoms with van der Waals surface area (Å²) in [5.74, 6) is 0.664. The maximum atomic E-state index is 12.4. The van der Waals surface area contributed by atoms with Crippen LogP contribution in [0.4, 0.5) is 0 Å². The van der Waals surface area contributed by atoms with Crippen molar-refractivity contribution < 1.29 is 4.79 Å². The predicted molar refractivity (Wildman–Crippen MR) is 115 cm³/mol. The Balaban J connectivity index is 1.75. The number of amides is 1. The number of fused-ring (bicyclic) bond motifs is 1. The molecule has 0 N–H and O–H groups in total. The van der Waals surface area contributed by atoms with Crippen molar-refractivity contribution in [2.75, 3.05) is 0 Å². The Kier molecular flexibility index (Phi) is 5.31. The minimum Gasteiger partial charge on any atom is -0.273 e. The van der Waals surface area contributed by atoms with Crippen LogP contribution in [0.5, 0.6) is 0 Å². The van der Waals surface area contributed by atoms with Gasteiger partial charge in [0.15, 0.2) is 0 Å². The summed E-state index contributed by atoms with van der Waals surface area (Å²) in [5, 5.41) is 7.86. The summed E-state index contributed by atoms with van der Waals surface area (Å²) in [6, 6.07) is 15.5. The molecule has 1 aliphatic carbocycles. The third-order valence-corrected chi connectivity index (χ3v) is 6.01. The fraction of sp³-hybridized carbons (Fsp3) is 0.304. The minimum absolute atomic E-state index is 0.0413. The number of allylic oxidation sites excluding steroid dienone is 1. The molecule has 144 valence electrons. The average molecular weight is 413 g/mol. The van der Waals surface area contributed by atoms with E-state index in [-0.39, 0.29) is 17.9 Å². The van der Waals surface area contributed by atoms with Crippen LogP contribution in [0.2, 0.25) is 10.0 Å². The number of carbonyl (C=O) groups excluding carboxylic acids is 1. The number of hydrazone groups is 1. The normalized spacial score (nSPS) is 25.6. The first-order valence-electron chi connectivity index (χ1n) is 9.52. The van der Waals surface area contributed by atoms with Gasteiger partial charge in [-0.2, -0.15) is 5.10 Å². The third-order valence-electron chi connectivity index (χ3n) is 5.51. The number of nitrogens with zero attached hydrogens (tertiary/aromatic N) is 2. The third kappa shape index (κ3) is 3.74.